The van der Waals surface area contributed by atoms with E-state index in [1.165, 1.54) is 5.56 Å². The van der Waals surface area contributed by atoms with E-state index in [2.05, 4.69) is 18.2 Å². The van der Waals surface area contributed by atoms with Crippen LogP contribution in [-0.4, -0.2) is 5.78 Å². The number of hydrogen-bond acceptors (Lipinski definition) is 1. The van der Waals surface area contributed by atoms with Crippen LogP contribution >= 0.6 is 0 Å². The fourth-order valence-corrected chi connectivity index (χ4v) is 2.22. The Morgan fingerprint density at radius 3 is 2.06 bits per heavy atom. The van der Waals surface area contributed by atoms with Crippen LogP contribution in [-0.2, 0) is 0 Å². The summed E-state index contributed by atoms with van der Waals surface area (Å²) in [6.45, 7) is 6.02. The molecular weight excluding hydrogens is 208 g/mol. The molecule has 0 atom stereocenters. The molecule has 85 valence electrons. The van der Waals surface area contributed by atoms with Crippen LogP contribution in [0.3, 0.4) is 0 Å². The van der Waals surface area contributed by atoms with Gasteiger partial charge < -0.3 is 0 Å². The lowest BCUT2D eigenvalue weighted by Crippen LogP contribution is -2.06. The molecule has 17 heavy (non-hydrogen) atoms. The summed E-state index contributed by atoms with van der Waals surface area (Å²) in [5, 5.41) is 0. The lowest BCUT2D eigenvalue weighted by atomic mass is 9.93. The van der Waals surface area contributed by atoms with Crippen molar-refractivity contribution in [2.75, 3.05) is 0 Å². The Bertz CT molecular complexity index is 530. The van der Waals surface area contributed by atoms with Gasteiger partial charge in [0.2, 0.25) is 0 Å². The van der Waals surface area contributed by atoms with Crippen molar-refractivity contribution in [1.29, 1.82) is 0 Å². The summed E-state index contributed by atoms with van der Waals surface area (Å²) < 4.78 is 0. The minimum absolute atomic E-state index is 0.0917. The maximum absolute atomic E-state index is 12.4. The molecule has 0 N–H and O–H groups in total. The van der Waals surface area contributed by atoms with Gasteiger partial charge in [-0.3, -0.25) is 4.79 Å². The zero-order chi connectivity index (χ0) is 12.4. The number of benzene rings is 2. The van der Waals surface area contributed by atoms with E-state index in [4.69, 9.17) is 0 Å². The summed E-state index contributed by atoms with van der Waals surface area (Å²) in [7, 11) is 0. The molecule has 0 fully saturated rings. The maximum atomic E-state index is 12.4. The number of ketones is 1. The van der Waals surface area contributed by atoms with Gasteiger partial charge in [-0.25, -0.2) is 0 Å². The quantitative estimate of drug-likeness (QED) is 0.710. The Kier molecular flexibility index (Phi) is 3.10. The van der Waals surface area contributed by atoms with Crippen molar-refractivity contribution in [2.45, 2.75) is 20.8 Å². The highest BCUT2D eigenvalue weighted by molar-refractivity contribution is 6.10. The molecule has 0 spiro atoms. The van der Waals surface area contributed by atoms with Crippen molar-refractivity contribution in [3.63, 3.8) is 0 Å². The lowest BCUT2D eigenvalue weighted by Gasteiger charge is -2.10. The third-order valence-corrected chi connectivity index (χ3v) is 2.88. The van der Waals surface area contributed by atoms with Crippen LogP contribution in [0.4, 0.5) is 0 Å². The molecule has 2 rings (SSSR count). The number of carbonyl (C=O) groups is 1. The van der Waals surface area contributed by atoms with E-state index in [0.29, 0.717) is 0 Å². The van der Waals surface area contributed by atoms with Gasteiger partial charge in [0.15, 0.2) is 5.78 Å². The molecule has 0 bridgehead atoms. The minimum Gasteiger partial charge on any atom is -0.289 e. The average Bonchev–Trinajstić information content (AvgIpc) is 2.28. The first kappa shape index (κ1) is 11.6. The molecule has 0 saturated carbocycles. The Morgan fingerprint density at radius 1 is 1.00 bits per heavy atom. The topological polar surface area (TPSA) is 17.1 Å². The molecule has 0 saturated heterocycles. The number of hydrogen-bond donors (Lipinski definition) is 0. The van der Waals surface area contributed by atoms with Crippen molar-refractivity contribution < 1.29 is 4.79 Å². The van der Waals surface area contributed by atoms with E-state index in [9.17, 15) is 4.79 Å². The van der Waals surface area contributed by atoms with Gasteiger partial charge in [-0.2, -0.15) is 0 Å². The first-order valence-corrected chi connectivity index (χ1v) is 5.68. The molecule has 1 nitrogen and oxygen atoms in total. The van der Waals surface area contributed by atoms with Gasteiger partial charge in [0, 0.05) is 11.1 Å². The second-order valence-corrected chi connectivity index (χ2v) is 4.39. The largest absolute Gasteiger partial charge is 0.289 e. The van der Waals surface area contributed by atoms with Gasteiger partial charge >= 0.3 is 0 Å². The van der Waals surface area contributed by atoms with Crippen LogP contribution in [0.5, 0.6) is 0 Å². The molecule has 0 aromatic heterocycles. The number of carbonyl (C=O) groups excluding carboxylic acids is 1. The standard InChI is InChI=1S/C16H15O/c1-11-9-12(2)15(13(3)10-11)16(17)14-7-5-4-6-8-14/h5-10H,1-3H3. The summed E-state index contributed by atoms with van der Waals surface area (Å²) in [6.07, 6.45) is 0. The van der Waals surface area contributed by atoms with E-state index in [1.54, 1.807) is 24.3 Å². The summed E-state index contributed by atoms with van der Waals surface area (Å²) in [5.41, 5.74) is 4.82. The number of rotatable bonds is 2. The van der Waals surface area contributed by atoms with Crippen molar-refractivity contribution >= 4 is 5.78 Å². The molecule has 2 aromatic rings. The normalized spacial score (nSPS) is 10.3. The van der Waals surface area contributed by atoms with Crippen LogP contribution in [0.1, 0.15) is 32.6 Å². The summed E-state index contributed by atoms with van der Waals surface area (Å²) >= 11 is 0. The summed E-state index contributed by atoms with van der Waals surface area (Å²) in [4.78, 5) is 12.4. The second kappa shape index (κ2) is 4.54. The summed E-state index contributed by atoms with van der Waals surface area (Å²) in [6, 6.07) is 14.2. The molecule has 0 unspecified atom stereocenters. The Labute approximate surface area is 102 Å². The van der Waals surface area contributed by atoms with E-state index < -0.39 is 0 Å². The smallest absolute Gasteiger partial charge is 0.193 e. The molecule has 0 heterocycles. The Hall–Kier alpha value is -1.89. The lowest BCUT2D eigenvalue weighted by molar-refractivity contribution is 0.103. The van der Waals surface area contributed by atoms with Crippen LogP contribution < -0.4 is 0 Å². The van der Waals surface area contributed by atoms with Crippen LogP contribution in [0, 0.1) is 26.8 Å². The molecule has 0 amide bonds. The third-order valence-electron chi connectivity index (χ3n) is 2.88. The third kappa shape index (κ3) is 2.28. The van der Waals surface area contributed by atoms with Gasteiger partial charge in [-0.15, -0.1) is 0 Å². The SMILES string of the molecule is Cc1cc(C)c(C(=O)c2cc[c]cc2)c(C)c1. The zero-order valence-electron chi connectivity index (χ0n) is 10.4. The van der Waals surface area contributed by atoms with Crippen molar-refractivity contribution in [3.8, 4) is 0 Å². The maximum Gasteiger partial charge on any atom is 0.193 e. The minimum atomic E-state index is 0.0917. The predicted molar refractivity (Wildman–Crippen MR) is 69.4 cm³/mol. The van der Waals surface area contributed by atoms with E-state index >= 15 is 0 Å². The number of aryl methyl sites for hydroxylation is 3. The molecule has 1 radical (unpaired) electrons. The van der Waals surface area contributed by atoms with Crippen molar-refractivity contribution in [3.05, 3.63) is 70.3 Å². The fraction of sp³-hybridized carbons (Fsp3) is 0.188. The van der Waals surface area contributed by atoms with E-state index in [0.717, 1.165) is 22.3 Å². The highest BCUT2D eigenvalue weighted by atomic mass is 16.1. The Balaban J connectivity index is 2.52. The highest BCUT2D eigenvalue weighted by Crippen LogP contribution is 2.19. The molecule has 0 aliphatic heterocycles. The highest BCUT2D eigenvalue weighted by Gasteiger charge is 2.14. The summed E-state index contributed by atoms with van der Waals surface area (Å²) in [5.74, 6) is 0.0917. The zero-order valence-corrected chi connectivity index (χ0v) is 10.4. The van der Waals surface area contributed by atoms with Gasteiger partial charge in [-0.05, 0) is 38.0 Å². The molecule has 0 aliphatic rings. The van der Waals surface area contributed by atoms with Crippen LogP contribution in [0.15, 0.2) is 36.4 Å². The fourth-order valence-electron chi connectivity index (χ4n) is 2.22. The first-order chi connectivity index (χ1) is 8.09. The van der Waals surface area contributed by atoms with Gasteiger partial charge in [0.1, 0.15) is 0 Å². The van der Waals surface area contributed by atoms with Gasteiger partial charge in [0.25, 0.3) is 0 Å². The molecule has 0 aliphatic carbocycles. The first-order valence-electron chi connectivity index (χ1n) is 5.68. The Morgan fingerprint density at radius 2 is 1.53 bits per heavy atom. The second-order valence-electron chi connectivity index (χ2n) is 4.39. The predicted octanol–water partition coefficient (Wildman–Crippen LogP) is 3.64. The van der Waals surface area contributed by atoms with E-state index in [1.807, 2.05) is 20.8 Å². The van der Waals surface area contributed by atoms with Gasteiger partial charge in [-0.1, -0.05) is 42.0 Å². The van der Waals surface area contributed by atoms with Crippen LogP contribution in [0.2, 0.25) is 0 Å². The van der Waals surface area contributed by atoms with E-state index in [-0.39, 0.29) is 5.78 Å². The van der Waals surface area contributed by atoms with Crippen molar-refractivity contribution in [2.24, 2.45) is 0 Å². The molecular formula is C16H15O. The van der Waals surface area contributed by atoms with Gasteiger partial charge in [0.05, 0.1) is 0 Å². The average molecular weight is 223 g/mol. The molecule has 1 heteroatoms. The van der Waals surface area contributed by atoms with Crippen LogP contribution in [0.25, 0.3) is 0 Å². The monoisotopic (exact) mass is 223 g/mol. The van der Waals surface area contributed by atoms with Crippen molar-refractivity contribution in [1.82, 2.24) is 0 Å². The molecule has 2 aromatic carbocycles.